The number of aromatic hydroxyl groups is 1. The highest BCUT2D eigenvalue weighted by Crippen LogP contribution is 2.23. The third-order valence-electron chi connectivity index (χ3n) is 2.89. The minimum Gasteiger partial charge on any atom is -0.508 e. The molecule has 0 aliphatic heterocycles. The molecule has 2 aromatic rings. The monoisotopic (exact) mass is 337 g/mol. The van der Waals surface area contributed by atoms with Gasteiger partial charge in [-0.1, -0.05) is 22.9 Å². The maximum absolute atomic E-state index is 13.6. The summed E-state index contributed by atoms with van der Waals surface area (Å²) >= 11 is 3.37. The first-order valence-electron chi connectivity index (χ1n) is 6.09. The summed E-state index contributed by atoms with van der Waals surface area (Å²) in [7, 11) is 0. The lowest BCUT2D eigenvalue weighted by Crippen LogP contribution is -2.14. The molecule has 0 aliphatic rings. The molecule has 20 heavy (non-hydrogen) atoms. The van der Waals surface area contributed by atoms with Crippen molar-refractivity contribution in [3.05, 3.63) is 57.8 Å². The Morgan fingerprint density at radius 2 is 2.05 bits per heavy atom. The Morgan fingerprint density at radius 3 is 2.70 bits per heavy atom. The van der Waals surface area contributed by atoms with Gasteiger partial charge in [-0.2, -0.15) is 0 Å². The molecule has 1 amide bonds. The fourth-order valence-electron chi connectivity index (χ4n) is 1.85. The van der Waals surface area contributed by atoms with Gasteiger partial charge in [0.1, 0.15) is 11.6 Å². The molecule has 2 N–H and O–H groups in total. The second-order valence-corrected chi connectivity index (χ2v) is 5.19. The fraction of sp³-hybridized carbons (Fsp3) is 0.133. The smallest absolute Gasteiger partial charge is 0.258 e. The Bertz CT molecular complexity index is 658. The molecule has 0 bridgehead atoms. The summed E-state index contributed by atoms with van der Waals surface area (Å²) < 4.78 is 14.5. The quantitative estimate of drug-likeness (QED) is 0.885. The first kappa shape index (κ1) is 14.5. The van der Waals surface area contributed by atoms with Crippen molar-refractivity contribution >= 4 is 27.5 Å². The molecule has 0 spiro atoms. The van der Waals surface area contributed by atoms with Crippen molar-refractivity contribution in [1.29, 1.82) is 0 Å². The van der Waals surface area contributed by atoms with Crippen LogP contribution in [0.4, 0.5) is 10.1 Å². The number of nitrogens with one attached hydrogen (secondary N) is 1. The maximum Gasteiger partial charge on any atom is 0.258 e. The summed E-state index contributed by atoms with van der Waals surface area (Å²) in [5, 5.41) is 11.8. The van der Waals surface area contributed by atoms with E-state index in [-0.39, 0.29) is 11.3 Å². The maximum atomic E-state index is 13.6. The van der Waals surface area contributed by atoms with Crippen molar-refractivity contribution < 1.29 is 14.3 Å². The number of carbonyl (C=O) groups is 1. The number of hydrogen-bond acceptors (Lipinski definition) is 2. The van der Waals surface area contributed by atoms with E-state index in [4.69, 9.17) is 5.11 Å². The first-order valence-corrected chi connectivity index (χ1v) is 6.89. The van der Waals surface area contributed by atoms with Gasteiger partial charge in [-0.15, -0.1) is 0 Å². The molecule has 5 heteroatoms. The minimum atomic E-state index is -0.752. The zero-order valence-corrected chi connectivity index (χ0v) is 12.4. The van der Waals surface area contributed by atoms with Gasteiger partial charge in [-0.05, 0) is 42.3 Å². The van der Waals surface area contributed by atoms with Gasteiger partial charge < -0.3 is 10.4 Å². The van der Waals surface area contributed by atoms with Gasteiger partial charge in [-0.25, -0.2) is 4.39 Å². The van der Waals surface area contributed by atoms with Crippen LogP contribution in [0.15, 0.2) is 40.9 Å². The zero-order valence-electron chi connectivity index (χ0n) is 10.8. The SMILES string of the molecule is CCc1cc(Br)ccc1NC(=O)c1ccc(O)cc1F. The summed E-state index contributed by atoms with van der Waals surface area (Å²) in [6, 6.07) is 8.92. The lowest BCUT2D eigenvalue weighted by molar-refractivity contribution is 0.102. The van der Waals surface area contributed by atoms with E-state index in [1.807, 2.05) is 19.1 Å². The van der Waals surface area contributed by atoms with E-state index in [1.165, 1.54) is 12.1 Å². The minimum absolute atomic E-state index is 0.104. The molecular weight excluding hydrogens is 325 g/mol. The van der Waals surface area contributed by atoms with Crippen LogP contribution in [0.5, 0.6) is 5.75 Å². The van der Waals surface area contributed by atoms with Crippen LogP contribution in [0.1, 0.15) is 22.8 Å². The van der Waals surface area contributed by atoms with E-state index in [2.05, 4.69) is 21.2 Å². The average molecular weight is 338 g/mol. The van der Waals surface area contributed by atoms with E-state index in [1.54, 1.807) is 6.07 Å². The Labute approximate surface area is 124 Å². The highest BCUT2D eigenvalue weighted by molar-refractivity contribution is 9.10. The lowest BCUT2D eigenvalue weighted by Gasteiger charge is -2.11. The molecule has 0 radical (unpaired) electrons. The number of hydrogen-bond donors (Lipinski definition) is 2. The molecule has 0 atom stereocenters. The van der Waals surface area contributed by atoms with E-state index >= 15 is 0 Å². The standard InChI is InChI=1S/C15H13BrFNO2/c1-2-9-7-10(16)3-6-14(9)18-15(20)12-5-4-11(19)8-13(12)17/h3-8,19H,2H2,1H3,(H,18,20). The van der Waals surface area contributed by atoms with Gasteiger partial charge in [0.25, 0.3) is 5.91 Å². The highest BCUT2D eigenvalue weighted by Gasteiger charge is 2.13. The van der Waals surface area contributed by atoms with Gasteiger partial charge in [-0.3, -0.25) is 4.79 Å². The summed E-state index contributed by atoms with van der Waals surface area (Å²) in [5.41, 5.74) is 1.49. The second-order valence-electron chi connectivity index (χ2n) is 4.27. The molecule has 0 heterocycles. The van der Waals surface area contributed by atoms with Crippen molar-refractivity contribution in [3.63, 3.8) is 0 Å². The molecule has 0 unspecified atom stereocenters. The number of anilines is 1. The Morgan fingerprint density at radius 1 is 1.30 bits per heavy atom. The lowest BCUT2D eigenvalue weighted by atomic mass is 10.1. The zero-order chi connectivity index (χ0) is 14.7. The number of aryl methyl sites for hydroxylation is 1. The molecule has 0 aromatic heterocycles. The number of halogens is 2. The Kier molecular flexibility index (Phi) is 4.39. The number of phenols is 1. The molecule has 0 fully saturated rings. The summed E-state index contributed by atoms with van der Waals surface area (Å²) in [6.07, 6.45) is 0.743. The molecule has 3 nitrogen and oxygen atoms in total. The molecule has 0 saturated heterocycles. The van der Waals surface area contributed by atoms with Crippen LogP contribution in [0.25, 0.3) is 0 Å². The summed E-state index contributed by atoms with van der Waals surface area (Å²) in [4.78, 5) is 12.1. The Balaban J connectivity index is 2.28. The predicted molar refractivity (Wildman–Crippen MR) is 79.5 cm³/mol. The van der Waals surface area contributed by atoms with Crippen LogP contribution in [-0.4, -0.2) is 11.0 Å². The number of rotatable bonds is 3. The molecule has 2 aromatic carbocycles. The van der Waals surface area contributed by atoms with Crippen LogP contribution in [-0.2, 0) is 6.42 Å². The van der Waals surface area contributed by atoms with Crippen molar-refractivity contribution in [1.82, 2.24) is 0 Å². The van der Waals surface area contributed by atoms with Crippen molar-refractivity contribution in [3.8, 4) is 5.75 Å². The number of carbonyl (C=O) groups excluding carboxylic acids is 1. The van der Waals surface area contributed by atoms with Gasteiger partial charge in [0.05, 0.1) is 5.56 Å². The topological polar surface area (TPSA) is 49.3 Å². The third kappa shape index (κ3) is 3.17. The van der Waals surface area contributed by atoms with E-state index in [9.17, 15) is 9.18 Å². The fourth-order valence-corrected chi connectivity index (χ4v) is 2.26. The first-order chi connectivity index (χ1) is 9.51. The summed E-state index contributed by atoms with van der Waals surface area (Å²) in [5.74, 6) is -1.51. The molecule has 104 valence electrons. The summed E-state index contributed by atoms with van der Waals surface area (Å²) in [6.45, 7) is 1.97. The van der Waals surface area contributed by atoms with E-state index in [0.29, 0.717) is 5.69 Å². The van der Waals surface area contributed by atoms with Crippen molar-refractivity contribution in [2.75, 3.05) is 5.32 Å². The third-order valence-corrected chi connectivity index (χ3v) is 3.39. The number of benzene rings is 2. The molecule has 0 aliphatic carbocycles. The van der Waals surface area contributed by atoms with Gasteiger partial charge in [0.2, 0.25) is 0 Å². The van der Waals surface area contributed by atoms with Gasteiger partial charge >= 0.3 is 0 Å². The highest BCUT2D eigenvalue weighted by atomic mass is 79.9. The average Bonchev–Trinajstić information content (AvgIpc) is 2.40. The van der Waals surface area contributed by atoms with Gasteiger partial charge in [0.15, 0.2) is 0 Å². The molecule has 0 saturated carbocycles. The van der Waals surface area contributed by atoms with E-state index < -0.39 is 11.7 Å². The van der Waals surface area contributed by atoms with Crippen LogP contribution < -0.4 is 5.32 Å². The van der Waals surface area contributed by atoms with Crippen molar-refractivity contribution in [2.45, 2.75) is 13.3 Å². The molecular formula is C15H13BrFNO2. The number of phenolic OH excluding ortho intramolecular Hbond substituents is 1. The van der Waals surface area contributed by atoms with Crippen LogP contribution in [0, 0.1) is 5.82 Å². The number of amides is 1. The largest absolute Gasteiger partial charge is 0.508 e. The Hall–Kier alpha value is -1.88. The van der Waals surface area contributed by atoms with Crippen LogP contribution >= 0.6 is 15.9 Å². The van der Waals surface area contributed by atoms with Gasteiger partial charge in [0, 0.05) is 16.2 Å². The predicted octanol–water partition coefficient (Wildman–Crippen LogP) is 4.11. The molecule has 2 rings (SSSR count). The van der Waals surface area contributed by atoms with Crippen molar-refractivity contribution in [2.24, 2.45) is 0 Å². The van der Waals surface area contributed by atoms with Crippen LogP contribution in [0.2, 0.25) is 0 Å². The normalized spacial score (nSPS) is 10.3. The second kappa shape index (κ2) is 6.05. The van der Waals surface area contributed by atoms with Crippen LogP contribution in [0.3, 0.4) is 0 Å². The van der Waals surface area contributed by atoms with E-state index in [0.717, 1.165) is 22.5 Å².